The Morgan fingerprint density at radius 1 is 0.687 bits per heavy atom. The Kier molecular flexibility index (Phi) is 20.4. The quantitative estimate of drug-likeness (QED) is 0.0718. The first-order valence-electron chi connectivity index (χ1n) is 23.3. The molecule has 0 spiro atoms. The molecule has 16 nitrogen and oxygen atoms in total. The number of carbonyl (C=O) groups is 7. The predicted octanol–water partition coefficient (Wildman–Crippen LogP) is 4.33. The summed E-state index contributed by atoms with van der Waals surface area (Å²) >= 11 is 0. The molecule has 0 unspecified atom stereocenters. The Hall–Kier alpha value is -6.29. The zero-order valence-electron chi connectivity index (χ0n) is 40.3. The van der Waals surface area contributed by atoms with Crippen LogP contribution < -0.4 is 36.6 Å². The molecule has 7 amide bonds. The van der Waals surface area contributed by atoms with Crippen molar-refractivity contribution in [2.75, 3.05) is 18.4 Å². The van der Waals surface area contributed by atoms with Crippen LogP contribution in [0.5, 0.6) is 5.75 Å². The summed E-state index contributed by atoms with van der Waals surface area (Å²) in [7, 11) is 0. The zero-order valence-corrected chi connectivity index (χ0v) is 40.3. The van der Waals surface area contributed by atoms with Crippen molar-refractivity contribution in [3.8, 4) is 5.75 Å². The lowest BCUT2D eigenvalue weighted by Gasteiger charge is -2.27. The number of aliphatic hydroxyl groups excluding tert-OH is 1. The predicted molar refractivity (Wildman–Crippen MR) is 256 cm³/mol. The molecule has 4 rings (SSSR count). The number of nitrogens with zero attached hydrogens (tertiary/aromatic N) is 1. The van der Waals surface area contributed by atoms with Crippen LogP contribution in [0.2, 0.25) is 0 Å². The summed E-state index contributed by atoms with van der Waals surface area (Å²) in [6.45, 7) is 14.6. The molecule has 364 valence electrons. The minimum absolute atomic E-state index is 0.00291. The van der Waals surface area contributed by atoms with Crippen LogP contribution >= 0.6 is 0 Å². The summed E-state index contributed by atoms with van der Waals surface area (Å²) in [5.74, 6) is -3.06. The van der Waals surface area contributed by atoms with Gasteiger partial charge < -0.3 is 46.6 Å². The van der Waals surface area contributed by atoms with Crippen molar-refractivity contribution in [2.24, 2.45) is 11.8 Å². The summed E-state index contributed by atoms with van der Waals surface area (Å²) in [6, 6.07) is 18.2. The van der Waals surface area contributed by atoms with Gasteiger partial charge in [0.05, 0.1) is 13.2 Å². The number of carbonyl (C=O) groups excluding carboxylic acids is 7. The number of benzene rings is 3. The van der Waals surface area contributed by atoms with Gasteiger partial charge in [0.15, 0.2) is 0 Å². The van der Waals surface area contributed by atoms with Crippen molar-refractivity contribution in [3.05, 3.63) is 95.6 Å². The average Bonchev–Trinajstić information content (AvgIpc) is 3.78. The second kappa shape index (κ2) is 25.6. The highest BCUT2D eigenvalue weighted by Gasteiger charge is 2.35. The van der Waals surface area contributed by atoms with Crippen LogP contribution in [0.15, 0.2) is 78.9 Å². The van der Waals surface area contributed by atoms with Crippen LogP contribution in [-0.2, 0) is 53.0 Å². The SMILES string of the molecule is CC(=O)N1CCC[C@H]1C(=O)N[C@@H](CC(C)C)C(=O)NCC(=O)N[C@@H](CCc1ccccc1)C(=O)N[C@@H](Cc1ccc(OC(C)(C)C)cc1)C(=O)N[C@@H](CC(C)C)C(=O)Nc1ccc(CO)cc1. The van der Waals surface area contributed by atoms with Crippen molar-refractivity contribution >= 4 is 47.0 Å². The number of ether oxygens (including phenoxy) is 1. The molecule has 0 radical (unpaired) electrons. The number of nitrogens with one attached hydrogen (secondary N) is 6. The molecule has 67 heavy (non-hydrogen) atoms. The Morgan fingerprint density at radius 3 is 1.85 bits per heavy atom. The molecule has 5 atom stereocenters. The fourth-order valence-electron chi connectivity index (χ4n) is 7.81. The van der Waals surface area contributed by atoms with Crippen molar-refractivity contribution < 1.29 is 43.4 Å². The fraction of sp³-hybridized carbons (Fsp3) is 0.510. The average molecular weight is 926 g/mol. The molecule has 1 saturated heterocycles. The molecule has 1 aliphatic heterocycles. The molecule has 16 heteroatoms. The van der Waals surface area contributed by atoms with Gasteiger partial charge in [0.1, 0.15) is 41.6 Å². The molecule has 0 aliphatic carbocycles. The third-order valence-corrected chi connectivity index (χ3v) is 11.1. The largest absolute Gasteiger partial charge is 0.488 e. The van der Waals surface area contributed by atoms with E-state index in [0.717, 1.165) is 5.56 Å². The molecule has 1 fully saturated rings. The van der Waals surface area contributed by atoms with E-state index in [2.05, 4.69) is 31.9 Å². The standard InChI is InChI=1S/C51H71N7O9/c1-32(2)27-41(57-50(66)44-15-12-26-58(44)34(5)60)46(62)52-30-45(61)54-40(25-20-35-13-10-9-11-14-35)47(63)56-43(29-36-18-23-39(24-19-36)67-51(6,7)8)49(65)55-42(28-33(3)4)48(64)53-38-21-16-37(31-59)17-22-38/h9-11,13-14,16-19,21-24,32-33,40-44,59H,12,15,20,25-31H2,1-8H3,(H,52,62)(H,53,64)(H,54,61)(H,55,65)(H,56,63)(H,57,66)/t40-,41-,42-,43-,44-/m0/s1. The molecule has 0 saturated carbocycles. The highest BCUT2D eigenvalue weighted by molar-refractivity contribution is 5.99. The van der Waals surface area contributed by atoms with Crippen molar-refractivity contribution in [1.82, 2.24) is 31.5 Å². The first-order valence-corrected chi connectivity index (χ1v) is 23.3. The second-order valence-electron chi connectivity index (χ2n) is 19.1. The molecule has 0 bridgehead atoms. The van der Waals surface area contributed by atoms with Crippen molar-refractivity contribution in [1.29, 1.82) is 0 Å². The molecular formula is C51H71N7O9. The van der Waals surface area contributed by atoms with Crippen molar-refractivity contribution in [3.63, 3.8) is 0 Å². The third-order valence-electron chi connectivity index (χ3n) is 11.1. The Balaban J connectivity index is 1.55. The van der Waals surface area contributed by atoms with Gasteiger partial charge in [0.2, 0.25) is 41.4 Å². The summed E-state index contributed by atoms with van der Waals surface area (Å²) in [6.07, 6.45) is 2.25. The number of anilines is 1. The Bertz CT molecular complexity index is 2120. The minimum Gasteiger partial charge on any atom is -0.488 e. The lowest BCUT2D eigenvalue weighted by atomic mass is 10.00. The van der Waals surface area contributed by atoms with E-state index in [1.165, 1.54) is 11.8 Å². The lowest BCUT2D eigenvalue weighted by Crippen LogP contribution is -2.58. The van der Waals surface area contributed by atoms with E-state index in [0.29, 0.717) is 48.4 Å². The summed E-state index contributed by atoms with van der Waals surface area (Å²) in [4.78, 5) is 96.6. The summed E-state index contributed by atoms with van der Waals surface area (Å²) < 4.78 is 5.99. The van der Waals surface area contributed by atoms with Crippen LogP contribution in [-0.4, -0.2) is 100 Å². The number of rotatable bonds is 23. The fourth-order valence-corrected chi connectivity index (χ4v) is 7.81. The van der Waals surface area contributed by atoms with Crippen LogP contribution in [0, 0.1) is 11.8 Å². The number of amides is 7. The number of aliphatic hydroxyl groups is 1. The molecule has 1 heterocycles. The van der Waals surface area contributed by atoms with Crippen LogP contribution in [0.3, 0.4) is 0 Å². The molecule has 1 aliphatic rings. The van der Waals surface area contributed by atoms with E-state index in [9.17, 15) is 38.7 Å². The van der Waals surface area contributed by atoms with Crippen LogP contribution in [0.1, 0.15) is 104 Å². The molecule has 3 aromatic rings. The third kappa shape index (κ3) is 18.1. The van der Waals surface area contributed by atoms with Gasteiger partial charge >= 0.3 is 0 Å². The topological polar surface area (TPSA) is 224 Å². The van der Waals surface area contributed by atoms with E-state index >= 15 is 0 Å². The first kappa shape index (κ1) is 53.3. The second-order valence-corrected chi connectivity index (χ2v) is 19.1. The highest BCUT2D eigenvalue weighted by atomic mass is 16.5. The lowest BCUT2D eigenvalue weighted by molar-refractivity contribution is -0.138. The van der Waals surface area contributed by atoms with Gasteiger partial charge in [0.25, 0.3) is 0 Å². The van der Waals surface area contributed by atoms with Gasteiger partial charge in [-0.2, -0.15) is 0 Å². The van der Waals surface area contributed by atoms with Crippen molar-refractivity contribution in [2.45, 2.75) is 143 Å². The molecule has 7 N–H and O–H groups in total. The van der Waals surface area contributed by atoms with Crippen LogP contribution in [0.4, 0.5) is 5.69 Å². The maximum atomic E-state index is 14.4. The van der Waals surface area contributed by atoms with E-state index in [4.69, 9.17) is 4.74 Å². The normalized spacial score (nSPS) is 15.4. The molecule has 0 aromatic heterocycles. The van der Waals surface area contributed by atoms with Crippen LogP contribution in [0.25, 0.3) is 0 Å². The van der Waals surface area contributed by atoms with Gasteiger partial charge in [-0.25, -0.2) is 0 Å². The summed E-state index contributed by atoms with van der Waals surface area (Å²) in [5, 5.41) is 26.2. The first-order chi connectivity index (χ1) is 31.7. The minimum atomic E-state index is -1.21. The molecule has 3 aromatic carbocycles. The Morgan fingerprint density at radius 2 is 1.27 bits per heavy atom. The smallest absolute Gasteiger partial charge is 0.246 e. The van der Waals surface area contributed by atoms with E-state index in [-0.39, 0.29) is 50.0 Å². The highest BCUT2D eigenvalue weighted by Crippen LogP contribution is 2.21. The van der Waals surface area contributed by atoms with E-state index in [1.54, 1.807) is 48.5 Å². The number of likely N-dealkylation sites (tertiary alicyclic amines) is 1. The number of hydrogen-bond acceptors (Lipinski definition) is 9. The van der Waals surface area contributed by atoms with Gasteiger partial charge in [-0.15, -0.1) is 0 Å². The van der Waals surface area contributed by atoms with Gasteiger partial charge in [-0.05, 0) is 112 Å². The summed E-state index contributed by atoms with van der Waals surface area (Å²) in [5.41, 5.74) is 2.29. The maximum absolute atomic E-state index is 14.4. The number of hydrogen-bond donors (Lipinski definition) is 7. The number of aryl methyl sites for hydroxylation is 1. The van der Waals surface area contributed by atoms with Gasteiger partial charge in [-0.3, -0.25) is 33.6 Å². The maximum Gasteiger partial charge on any atom is 0.246 e. The van der Waals surface area contributed by atoms with E-state index < -0.39 is 77.8 Å². The van der Waals surface area contributed by atoms with Gasteiger partial charge in [-0.1, -0.05) is 82.3 Å². The Labute approximate surface area is 395 Å². The van der Waals surface area contributed by atoms with E-state index in [1.807, 2.05) is 78.8 Å². The monoisotopic (exact) mass is 926 g/mol. The zero-order chi connectivity index (χ0) is 49.3. The van der Waals surface area contributed by atoms with Gasteiger partial charge in [0, 0.05) is 25.6 Å². The molecular weight excluding hydrogens is 855 g/mol.